The van der Waals surface area contributed by atoms with Gasteiger partial charge in [0.1, 0.15) is 5.82 Å². The van der Waals surface area contributed by atoms with Crippen molar-refractivity contribution in [2.75, 3.05) is 41.3 Å². The SMILES string of the molecule is Cc1cccc(N2CCN(c3cnnc(Nc4ccccc4F)n3)CC2)c1C. The Morgan fingerprint density at radius 3 is 2.46 bits per heavy atom. The van der Waals surface area contributed by atoms with Crippen LogP contribution in [0.15, 0.2) is 48.7 Å². The van der Waals surface area contributed by atoms with Gasteiger partial charge in [-0.05, 0) is 43.2 Å². The maximum absolute atomic E-state index is 13.8. The molecule has 1 aromatic heterocycles. The monoisotopic (exact) mass is 378 g/mol. The molecule has 1 fully saturated rings. The van der Waals surface area contributed by atoms with Crippen molar-refractivity contribution < 1.29 is 4.39 Å². The zero-order valence-electron chi connectivity index (χ0n) is 16.1. The van der Waals surface area contributed by atoms with Crippen molar-refractivity contribution in [2.24, 2.45) is 0 Å². The Labute approximate surface area is 164 Å². The van der Waals surface area contributed by atoms with Crippen molar-refractivity contribution in [1.29, 1.82) is 0 Å². The minimum Gasteiger partial charge on any atom is -0.368 e. The molecule has 0 saturated carbocycles. The molecule has 0 atom stereocenters. The molecule has 0 amide bonds. The number of rotatable bonds is 4. The molecule has 3 aromatic rings. The number of para-hydroxylation sites is 1. The summed E-state index contributed by atoms with van der Waals surface area (Å²) < 4.78 is 13.8. The van der Waals surface area contributed by atoms with E-state index in [-0.39, 0.29) is 5.82 Å². The number of hydrogen-bond acceptors (Lipinski definition) is 6. The van der Waals surface area contributed by atoms with Gasteiger partial charge in [-0.2, -0.15) is 10.1 Å². The van der Waals surface area contributed by atoms with Crippen LogP contribution in [-0.2, 0) is 0 Å². The molecule has 28 heavy (non-hydrogen) atoms. The van der Waals surface area contributed by atoms with Gasteiger partial charge in [-0.3, -0.25) is 0 Å². The molecule has 2 aromatic carbocycles. The van der Waals surface area contributed by atoms with Crippen LogP contribution in [0.5, 0.6) is 0 Å². The van der Waals surface area contributed by atoms with Gasteiger partial charge in [-0.25, -0.2) is 4.39 Å². The lowest BCUT2D eigenvalue weighted by atomic mass is 10.1. The fourth-order valence-electron chi connectivity index (χ4n) is 3.44. The van der Waals surface area contributed by atoms with E-state index in [1.165, 1.54) is 22.9 Å². The van der Waals surface area contributed by atoms with E-state index in [0.29, 0.717) is 11.6 Å². The fraction of sp³-hybridized carbons (Fsp3) is 0.286. The molecule has 0 spiro atoms. The maximum atomic E-state index is 13.8. The van der Waals surface area contributed by atoms with Crippen molar-refractivity contribution in [3.05, 3.63) is 65.6 Å². The van der Waals surface area contributed by atoms with Crippen molar-refractivity contribution in [1.82, 2.24) is 15.2 Å². The number of hydrogen-bond donors (Lipinski definition) is 1. The maximum Gasteiger partial charge on any atom is 0.249 e. The molecule has 144 valence electrons. The smallest absolute Gasteiger partial charge is 0.249 e. The van der Waals surface area contributed by atoms with Gasteiger partial charge in [0.15, 0.2) is 5.82 Å². The summed E-state index contributed by atoms with van der Waals surface area (Å²) in [6, 6.07) is 12.9. The summed E-state index contributed by atoms with van der Waals surface area (Å²) in [5.41, 5.74) is 4.27. The fourth-order valence-corrected chi connectivity index (χ4v) is 3.44. The Hall–Kier alpha value is -3.22. The van der Waals surface area contributed by atoms with Crippen LogP contribution in [0.2, 0.25) is 0 Å². The van der Waals surface area contributed by atoms with Crippen LogP contribution in [0.4, 0.5) is 27.5 Å². The molecular weight excluding hydrogens is 355 g/mol. The number of benzene rings is 2. The first kappa shape index (κ1) is 18.2. The molecule has 0 radical (unpaired) electrons. The minimum atomic E-state index is -0.348. The first-order valence-electron chi connectivity index (χ1n) is 9.39. The third kappa shape index (κ3) is 3.74. The second kappa shape index (κ2) is 7.80. The van der Waals surface area contributed by atoms with Crippen molar-refractivity contribution in [3.8, 4) is 0 Å². The highest BCUT2D eigenvalue weighted by atomic mass is 19.1. The van der Waals surface area contributed by atoms with Crippen LogP contribution < -0.4 is 15.1 Å². The van der Waals surface area contributed by atoms with E-state index >= 15 is 0 Å². The number of halogens is 1. The molecule has 0 bridgehead atoms. The second-order valence-corrected chi connectivity index (χ2v) is 6.94. The highest BCUT2D eigenvalue weighted by molar-refractivity contribution is 5.58. The van der Waals surface area contributed by atoms with E-state index < -0.39 is 0 Å². The Morgan fingerprint density at radius 1 is 0.929 bits per heavy atom. The molecule has 0 unspecified atom stereocenters. The minimum absolute atomic E-state index is 0.291. The van der Waals surface area contributed by atoms with Gasteiger partial charge in [-0.1, -0.05) is 24.3 Å². The Bertz CT molecular complexity index is 969. The lowest BCUT2D eigenvalue weighted by molar-refractivity contribution is 0.631. The molecule has 1 saturated heterocycles. The summed E-state index contributed by atoms with van der Waals surface area (Å²) in [6.45, 7) is 7.81. The summed E-state index contributed by atoms with van der Waals surface area (Å²) >= 11 is 0. The van der Waals surface area contributed by atoms with Crippen LogP contribution >= 0.6 is 0 Å². The predicted octanol–water partition coefficient (Wildman–Crippen LogP) is 3.70. The lowest BCUT2D eigenvalue weighted by Gasteiger charge is -2.37. The standard InChI is InChI=1S/C21H23FN6/c1-15-6-5-9-19(16(15)2)27-10-12-28(13-11-27)20-14-23-26-21(25-20)24-18-8-4-3-7-17(18)22/h3-9,14H,10-13H2,1-2H3,(H,24,25,26). The lowest BCUT2D eigenvalue weighted by Crippen LogP contribution is -2.47. The number of aryl methyl sites for hydroxylation is 1. The average Bonchev–Trinajstić information content (AvgIpc) is 2.72. The van der Waals surface area contributed by atoms with Gasteiger partial charge >= 0.3 is 0 Å². The van der Waals surface area contributed by atoms with Gasteiger partial charge < -0.3 is 15.1 Å². The quantitative estimate of drug-likeness (QED) is 0.747. The molecule has 4 rings (SSSR count). The first-order chi connectivity index (χ1) is 13.6. The van der Waals surface area contributed by atoms with Crippen molar-refractivity contribution >= 4 is 23.1 Å². The number of aromatic nitrogens is 3. The van der Waals surface area contributed by atoms with E-state index in [9.17, 15) is 4.39 Å². The third-order valence-electron chi connectivity index (χ3n) is 5.19. The van der Waals surface area contributed by atoms with Crippen LogP contribution in [-0.4, -0.2) is 41.4 Å². The van der Waals surface area contributed by atoms with E-state index in [0.717, 1.165) is 32.0 Å². The van der Waals surface area contributed by atoms with Gasteiger partial charge in [0.25, 0.3) is 0 Å². The van der Waals surface area contributed by atoms with Gasteiger partial charge in [0.2, 0.25) is 5.95 Å². The molecule has 1 aliphatic rings. The largest absolute Gasteiger partial charge is 0.368 e. The zero-order valence-corrected chi connectivity index (χ0v) is 16.1. The molecule has 1 N–H and O–H groups in total. The van der Waals surface area contributed by atoms with Crippen LogP contribution in [0.3, 0.4) is 0 Å². The summed E-state index contributed by atoms with van der Waals surface area (Å²) in [5.74, 6) is 0.688. The Balaban J connectivity index is 1.45. The van der Waals surface area contributed by atoms with Crippen molar-refractivity contribution in [3.63, 3.8) is 0 Å². The van der Waals surface area contributed by atoms with E-state index in [1.54, 1.807) is 24.4 Å². The van der Waals surface area contributed by atoms with E-state index in [1.807, 2.05) is 0 Å². The molecule has 0 aliphatic carbocycles. The zero-order chi connectivity index (χ0) is 19.5. The summed E-state index contributed by atoms with van der Waals surface area (Å²) in [4.78, 5) is 9.11. The molecule has 6 nitrogen and oxygen atoms in total. The Morgan fingerprint density at radius 2 is 1.68 bits per heavy atom. The molecular formula is C21H23FN6. The summed E-state index contributed by atoms with van der Waals surface area (Å²) in [6.07, 6.45) is 1.65. The first-order valence-corrected chi connectivity index (χ1v) is 9.39. The number of nitrogens with zero attached hydrogens (tertiary/aromatic N) is 5. The van der Waals surface area contributed by atoms with Gasteiger partial charge in [0, 0.05) is 31.9 Å². The van der Waals surface area contributed by atoms with Crippen LogP contribution in [0.25, 0.3) is 0 Å². The topological polar surface area (TPSA) is 57.2 Å². The second-order valence-electron chi connectivity index (χ2n) is 6.94. The van der Waals surface area contributed by atoms with E-state index in [4.69, 9.17) is 0 Å². The summed E-state index contributed by atoms with van der Waals surface area (Å²) in [5, 5.41) is 10.9. The molecule has 2 heterocycles. The highest BCUT2D eigenvalue weighted by Crippen LogP contribution is 2.25. The molecule has 7 heteroatoms. The molecule has 1 aliphatic heterocycles. The number of anilines is 4. The van der Waals surface area contributed by atoms with Gasteiger partial charge in [0.05, 0.1) is 11.9 Å². The predicted molar refractivity (Wildman–Crippen MR) is 110 cm³/mol. The van der Waals surface area contributed by atoms with Crippen LogP contribution in [0.1, 0.15) is 11.1 Å². The normalized spacial score (nSPS) is 14.2. The van der Waals surface area contributed by atoms with Gasteiger partial charge in [-0.15, -0.1) is 5.10 Å². The van der Waals surface area contributed by atoms with Crippen molar-refractivity contribution in [2.45, 2.75) is 13.8 Å². The third-order valence-corrected chi connectivity index (χ3v) is 5.19. The van der Waals surface area contributed by atoms with E-state index in [2.05, 4.69) is 62.3 Å². The summed E-state index contributed by atoms with van der Waals surface area (Å²) in [7, 11) is 0. The van der Waals surface area contributed by atoms with Crippen LogP contribution in [0, 0.1) is 19.7 Å². The Kier molecular flexibility index (Phi) is 5.06. The average molecular weight is 378 g/mol. The number of nitrogens with one attached hydrogen (secondary N) is 1. The highest BCUT2D eigenvalue weighted by Gasteiger charge is 2.20. The number of piperazine rings is 1.